The lowest BCUT2D eigenvalue weighted by Crippen LogP contribution is -2.66. The minimum atomic E-state index is -0.343. The zero-order valence-electron chi connectivity index (χ0n) is 12.4. The molecule has 0 heterocycles. The van der Waals surface area contributed by atoms with Crippen molar-refractivity contribution >= 4 is 0 Å². The van der Waals surface area contributed by atoms with Gasteiger partial charge in [-0.05, 0) is 36.2 Å². The van der Waals surface area contributed by atoms with Gasteiger partial charge in [0.2, 0.25) is 0 Å². The average molecular weight is 266 g/mol. The Labute approximate surface area is 115 Å². The summed E-state index contributed by atoms with van der Waals surface area (Å²) in [7, 11) is 1.74. The van der Waals surface area contributed by atoms with Gasteiger partial charge in [-0.2, -0.15) is 0 Å². The van der Waals surface area contributed by atoms with E-state index in [4.69, 9.17) is 4.74 Å². The molecule has 108 valence electrons. The van der Waals surface area contributed by atoms with Crippen molar-refractivity contribution < 1.29 is 14.9 Å². The first-order valence-electron chi connectivity index (χ1n) is 7.38. The smallest absolute Gasteiger partial charge is 0.0967 e. The van der Waals surface area contributed by atoms with Crippen molar-refractivity contribution in [2.75, 3.05) is 13.7 Å². The van der Waals surface area contributed by atoms with Crippen molar-refractivity contribution in [1.82, 2.24) is 0 Å². The lowest BCUT2D eigenvalue weighted by Gasteiger charge is -2.64. The molecular formula is C16H26O3. The summed E-state index contributed by atoms with van der Waals surface area (Å²) in [6.45, 7) is 6.62. The minimum Gasteiger partial charge on any atom is -0.392 e. The number of methoxy groups -OCH3 is 1. The van der Waals surface area contributed by atoms with E-state index < -0.39 is 0 Å². The molecule has 0 aromatic rings. The van der Waals surface area contributed by atoms with Gasteiger partial charge < -0.3 is 14.9 Å². The predicted octanol–water partition coefficient (Wildman–Crippen LogP) is 2.13. The van der Waals surface area contributed by atoms with E-state index in [2.05, 4.69) is 26.8 Å². The molecule has 3 nitrogen and oxygen atoms in total. The number of ether oxygens (including phenoxy) is 1. The summed E-state index contributed by atoms with van der Waals surface area (Å²) in [6, 6.07) is 0. The summed E-state index contributed by atoms with van der Waals surface area (Å²) in [4.78, 5) is 0. The molecule has 3 heteroatoms. The highest BCUT2D eigenvalue weighted by atomic mass is 16.5. The third-order valence-electron chi connectivity index (χ3n) is 6.47. The van der Waals surface area contributed by atoms with Gasteiger partial charge in [0.25, 0.3) is 0 Å². The normalized spacial score (nSPS) is 51.1. The first kappa shape index (κ1) is 13.6. The SMILES string of the molecule is COC12CCC1(C)C1C(C=C2CO)CC(C)(C)C1O. The van der Waals surface area contributed by atoms with Crippen molar-refractivity contribution in [3.05, 3.63) is 11.6 Å². The molecule has 2 N–H and O–H groups in total. The zero-order valence-corrected chi connectivity index (χ0v) is 12.4. The second kappa shape index (κ2) is 3.84. The largest absolute Gasteiger partial charge is 0.392 e. The van der Waals surface area contributed by atoms with E-state index in [0.29, 0.717) is 5.92 Å². The quantitative estimate of drug-likeness (QED) is 0.753. The van der Waals surface area contributed by atoms with Gasteiger partial charge in [-0.15, -0.1) is 0 Å². The van der Waals surface area contributed by atoms with Gasteiger partial charge in [-0.3, -0.25) is 0 Å². The molecule has 2 saturated carbocycles. The molecule has 2 fully saturated rings. The molecule has 3 aliphatic carbocycles. The van der Waals surface area contributed by atoms with Crippen molar-refractivity contribution in [2.45, 2.75) is 51.7 Å². The molecule has 0 aromatic heterocycles. The van der Waals surface area contributed by atoms with Gasteiger partial charge >= 0.3 is 0 Å². The van der Waals surface area contributed by atoms with Crippen LogP contribution in [0.2, 0.25) is 0 Å². The standard InChI is InChI=1S/C16H26O3/c1-14(2)8-10-7-11(9-17)16(19-4)6-5-15(16,3)12(10)13(14)18/h7,10,12-13,17-18H,5-6,8-9H2,1-4H3. The first-order valence-corrected chi connectivity index (χ1v) is 7.38. The number of aliphatic hydroxyl groups excluding tert-OH is 2. The molecule has 5 atom stereocenters. The van der Waals surface area contributed by atoms with Crippen LogP contribution < -0.4 is 0 Å². The molecule has 0 bridgehead atoms. The molecule has 5 unspecified atom stereocenters. The molecule has 0 radical (unpaired) electrons. The van der Waals surface area contributed by atoms with Gasteiger partial charge in [-0.1, -0.05) is 26.8 Å². The molecule has 0 saturated heterocycles. The second-order valence-electron chi connectivity index (χ2n) is 7.63. The van der Waals surface area contributed by atoms with Crippen molar-refractivity contribution in [1.29, 1.82) is 0 Å². The fourth-order valence-corrected chi connectivity index (χ4v) is 5.31. The van der Waals surface area contributed by atoms with E-state index in [1.807, 2.05) is 0 Å². The van der Waals surface area contributed by atoms with E-state index in [1.54, 1.807) is 7.11 Å². The number of aliphatic hydroxyl groups is 2. The highest BCUT2D eigenvalue weighted by Gasteiger charge is 2.69. The number of hydrogen-bond donors (Lipinski definition) is 2. The van der Waals surface area contributed by atoms with Crippen LogP contribution in [0.15, 0.2) is 11.6 Å². The molecule has 0 aliphatic heterocycles. The topological polar surface area (TPSA) is 49.7 Å². The van der Waals surface area contributed by atoms with Crippen LogP contribution in [0.3, 0.4) is 0 Å². The summed E-state index contributed by atoms with van der Waals surface area (Å²) >= 11 is 0. The average Bonchev–Trinajstić information content (AvgIpc) is 2.57. The molecule has 3 rings (SSSR count). The first-order chi connectivity index (χ1) is 8.82. The Morgan fingerprint density at radius 2 is 2.00 bits per heavy atom. The zero-order chi connectivity index (χ0) is 14.1. The van der Waals surface area contributed by atoms with Crippen LogP contribution in [-0.2, 0) is 4.74 Å². The molecular weight excluding hydrogens is 240 g/mol. The van der Waals surface area contributed by atoms with Gasteiger partial charge in [0.1, 0.15) is 0 Å². The van der Waals surface area contributed by atoms with Crippen LogP contribution in [-0.4, -0.2) is 35.6 Å². The lowest BCUT2D eigenvalue weighted by molar-refractivity contribution is -0.211. The molecule has 0 amide bonds. The summed E-state index contributed by atoms with van der Waals surface area (Å²) in [5, 5.41) is 20.5. The fourth-order valence-electron chi connectivity index (χ4n) is 5.31. The molecule has 19 heavy (non-hydrogen) atoms. The van der Waals surface area contributed by atoms with E-state index in [-0.39, 0.29) is 35.1 Å². The Kier molecular flexibility index (Phi) is 2.74. The van der Waals surface area contributed by atoms with E-state index in [1.165, 1.54) is 0 Å². The van der Waals surface area contributed by atoms with Crippen LogP contribution in [0.1, 0.15) is 40.0 Å². The minimum absolute atomic E-state index is 0.0353. The summed E-state index contributed by atoms with van der Waals surface area (Å²) in [5.41, 5.74) is 0.612. The Morgan fingerprint density at radius 1 is 1.32 bits per heavy atom. The van der Waals surface area contributed by atoms with Crippen LogP contribution in [0.5, 0.6) is 0 Å². The monoisotopic (exact) mass is 266 g/mol. The van der Waals surface area contributed by atoms with Crippen molar-refractivity contribution in [3.63, 3.8) is 0 Å². The number of allylic oxidation sites excluding steroid dienone is 1. The predicted molar refractivity (Wildman–Crippen MR) is 73.6 cm³/mol. The maximum Gasteiger partial charge on any atom is 0.0967 e. The Balaban J connectivity index is 2.10. The molecule has 3 aliphatic rings. The van der Waals surface area contributed by atoms with E-state index in [0.717, 1.165) is 24.8 Å². The summed E-state index contributed by atoms with van der Waals surface area (Å²) < 4.78 is 5.87. The summed E-state index contributed by atoms with van der Waals surface area (Å²) in [6.07, 6.45) is 4.95. The van der Waals surface area contributed by atoms with Gasteiger partial charge in [0, 0.05) is 18.4 Å². The van der Waals surface area contributed by atoms with Gasteiger partial charge in [0.05, 0.1) is 18.3 Å². The van der Waals surface area contributed by atoms with Crippen LogP contribution in [0, 0.1) is 22.7 Å². The molecule has 0 aromatic carbocycles. The Bertz CT molecular complexity index is 424. The Hall–Kier alpha value is -0.380. The Morgan fingerprint density at radius 3 is 2.47 bits per heavy atom. The summed E-state index contributed by atoms with van der Waals surface area (Å²) in [5.74, 6) is 0.632. The highest BCUT2D eigenvalue weighted by Crippen LogP contribution is 2.69. The second-order valence-corrected chi connectivity index (χ2v) is 7.63. The number of fused-ring (bicyclic) bond motifs is 3. The fraction of sp³-hybridized carbons (Fsp3) is 0.875. The number of rotatable bonds is 2. The number of hydrogen-bond acceptors (Lipinski definition) is 3. The maximum atomic E-state index is 10.8. The van der Waals surface area contributed by atoms with Crippen molar-refractivity contribution in [3.8, 4) is 0 Å². The van der Waals surface area contributed by atoms with E-state index >= 15 is 0 Å². The van der Waals surface area contributed by atoms with Gasteiger partial charge in [-0.25, -0.2) is 0 Å². The van der Waals surface area contributed by atoms with Crippen LogP contribution in [0.25, 0.3) is 0 Å². The lowest BCUT2D eigenvalue weighted by atomic mass is 9.45. The van der Waals surface area contributed by atoms with E-state index in [9.17, 15) is 10.2 Å². The third-order valence-corrected chi connectivity index (χ3v) is 6.47. The highest BCUT2D eigenvalue weighted by molar-refractivity contribution is 5.36. The van der Waals surface area contributed by atoms with Crippen molar-refractivity contribution in [2.24, 2.45) is 22.7 Å². The van der Waals surface area contributed by atoms with Crippen LogP contribution >= 0.6 is 0 Å². The van der Waals surface area contributed by atoms with Gasteiger partial charge in [0.15, 0.2) is 0 Å². The third kappa shape index (κ3) is 1.39. The molecule has 0 spiro atoms. The maximum absolute atomic E-state index is 10.8. The van der Waals surface area contributed by atoms with Crippen LogP contribution in [0.4, 0.5) is 0 Å².